The predicted molar refractivity (Wildman–Crippen MR) is 71.6 cm³/mol. The normalized spacial score (nSPS) is 12.0. The van der Waals surface area contributed by atoms with Crippen molar-refractivity contribution in [3.8, 4) is 0 Å². The van der Waals surface area contributed by atoms with Gasteiger partial charge in [-0.05, 0) is 25.9 Å². The third-order valence-electron chi connectivity index (χ3n) is 2.05. The Bertz CT molecular complexity index is 149. The van der Waals surface area contributed by atoms with Gasteiger partial charge >= 0.3 is 8.56 Å². The highest BCUT2D eigenvalue weighted by Gasteiger charge is 2.23. The van der Waals surface area contributed by atoms with E-state index in [1.165, 1.54) is 0 Å². The molecule has 0 radical (unpaired) electrons. The molecule has 5 heteroatoms. The molecule has 0 spiro atoms. The second-order valence-corrected chi connectivity index (χ2v) is 7.70. The fourth-order valence-corrected chi connectivity index (χ4v) is 2.46. The summed E-state index contributed by atoms with van der Waals surface area (Å²) in [7, 11) is -1.98. The Morgan fingerprint density at radius 2 is 1.06 bits per heavy atom. The van der Waals surface area contributed by atoms with Crippen molar-refractivity contribution in [2.24, 2.45) is 0 Å². The van der Waals surface area contributed by atoms with Gasteiger partial charge in [-0.15, -0.1) is 0 Å². The molecule has 0 aromatic heterocycles. The summed E-state index contributed by atoms with van der Waals surface area (Å²) in [5, 5.41) is 0. The van der Waals surface area contributed by atoms with Gasteiger partial charge in [0.1, 0.15) is 0 Å². The fraction of sp³-hybridized carbons (Fsp3) is 1.00. The maximum absolute atomic E-state index is 5.72. The molecule has 0 aliphatic rings. The van der Waals surface area contributed by atoms with E-state index in [1.807, 2.05) is 13.1 Å². The van der Waals surface area contributed by atoms with Crippen molar-refractivity contribution >= 4 is 8.56 Å². The Hall–Kier alpha value is 0.0569. The summed E-state index contributed by atoms with van der Waals surface area (Å²) in [6.07, 6.45) is 2.10. The van der Waals surface area contributed by atoms with Crippen LogP contribution in [0.5, 0.6) is 0 Å². The Morgan fingerprint density at radius 1 is 0.647 bits per heavy atom. The molecule has 0 atom stereocenters. The van der Waals surface area contributed by atoms with Crippen molar-refractivity contribution in [3.63, 3.8) is 0 Å². The van der Waals surface area contributed by atoms with Gasteiger partial charge in [-0.2, -0.15) is 0 Å². The van der Waals surface area contributed by atoms with E-state index in [1.54, 1.807) is 0 Å². The molecular weight excluding hydrogens is 236 g/mol. The minimum atomic E-state index is -1.98. The van der Waals surface area contributed by atoms with Gasteiger partial charge in [0, 0.05) is 13.2 Å². The van der Waals surface area contributed by atoms with Crippen LogP contribution in [-0.2, 0) is 18.3 Å². The van der Waals surface area contributed by atoms with Gasteiger partial charge in [-0.25, -0.2) is 0 Å². The smallest absolute Gasteiger partial charge is 0.331 e. The molecule has 104 valence electrons. The topological polar surface area (TPSA) is 36.9 Å². The van der Waals surface area contributed by atoms with Gasteiger partial charge < -0.3 is 18.3 Å². The molecule has 4 nitrogen and oxygen atoms in total. The van der Waals surface area contributed by atoms with E-state index < -0.39 is 8.56 Å². The molecule has 0 N–H and O–H groups in total. The zero-order chi connectivity index (χ0) is 13.0. The average molecular weight is 264 g/mol. The van der Waals surface area contributed by atoms with E-state index in [4.69, 9.17) is 18.3 Å². The van der Waals surface area contributed by atoms with Crippen LogP contribution >= 0.6 is 0 Å². The van der Waals surface area contributed by atoms with Crippen molar-refractivity contribution in [1.29, 1.82) is 0 Å². The number of hydrogen-bond acceptors (Lipinski definition) is 4. The maximum atomic E-state index is 5.72. The quantitative estimate of drug-likeness (QED) is 0.401. The van der Waals surface area contributed by atoms with Crippen molar-refractivity contribution < 1.29 is 18.3 Å². The first kappa shape index (κ1) is 17.1. The van der Waals surface area contributed by atoms with E-state index in [9.17, 15) is 0 Å². The molecule has 0 aliphatic heterocycles. The molecule has 0 aromatic carbocycles. The first-order valence-electron chi connectivity index (χ1n) is 6.55. The van der Waals surface area contributed by atoms with Crippen LogP contribution in [-0.4, -0.2) is 48.2 Å². The molecule has 0 bridgehead atoms. The first-order chi connectivity index (χ1) is 8.12. The fourth-order valence-electron chi connectivity index (χ4n) is 1.23. The third kappa shape index (κ3) is 12.3. The van der Waals surface area contributed by atoms with Gasteiger partial charge in [0.25, 0.3) is 0 Å². The van der Waals surface area contributed by atoms with Crippen LogP contribution in [0.2, 0.25) is 13.1 Å². The van der Waals surface area contributed by atoms with Crippen molar-refractivity contribution in [2.45, 2.75) is 39.8 Å². The van der Waals surface area contributed by atoms with Crippen molar-refractivity contribution in [1.82, 2.24) is 0 Å². The minimum Gasteiger partial charge on any atom is -0.392 e. The maximum Gasteiger partial charge on any atom is 0.331 e. The molecule has 0 rings (SSSR count). The van der Waals surface area contributed by atoms with Gasteiger partial charge in [0.15, 0.2) is 0 Å². The Balaban J connectivity index is 3.38. The third-order valence-corrected chi connectivity index (χ3v) is 3.85. The number of ether oxygens (including phenoxy) is 2. The predicted octanol–water partition coefficient (Wildman–Crippen LogP) is 2.57. The largest absolute Gasteiger partial charge is 0.392 e. The number of hydrogen-bond donors (Lipinski definition) is 0. The summed E-state index contributed by atoms with van der Waals surface area (Å²) in [4.78, 5) is 0. The summed E-state index contributed by atoms with van der Waals surface area (Å²) in [5.74, 6) is 0. The van der Waals surface area contributed by atoms with Crippen LogP contribution in [0.4, 0.5) is 0 Å². The van der Waals surface area contributed by atoms with Gasteiger partial charge in [-0.3, -0.25) is 0 Å². The zero-order valence-electron chi connectivity index (χ0n) is 11.8. The van der Waals surface area contributed by atoms with E-state index in [0.29, 0.717) is 26.4 Å². The SMILES string of the molecule is CCCOCCO[Si](C)(C)OCCOCCC. The lowest BCUT2D eigenvalue weighted by Crippen LogP contribution is -2.37. The molecular formula is C12H28O4Si. The lowest BCUT2D eigenvalue weighted by atomic mass is 10.5. The zero-order valence-corrected chi connectivity index (χ0v) is 12.8. The average Bonchev–Trinajstić information content (AvgIpc) is 2.28. The van der Waals surface area contributed by atoms with Gasteiger partial charge in [0.05, 0.1) is 26.4 Å². The molecule has 0 aromatic rings. The van der Waals surface area contributed by atoms with E-state index >= 15 is 0 Å². The van der Waals surface area contributed by atoms with E-state index in [-0.39, 0.29) is 0 Å². The van der Waals surface area contributed by atoms with E-state index in [0.717, 1.165) is 26.1 Å². The highest BCUT2D eigenvalue weighted by atomic mass is 28.4. The first-order valence-corrected chi connectivity index (χ1v) is 9.37. The second-order valence-electron chi connectivity index (χ2n) is 4.32. The van der Waals surface area contributed by atoms with Crippen molar-refractivity contribution in [3.05, 3.63) is 0 Å². The Morgan fingerprint density at radius 3 is 1.41 bits per heavy atom. The highest BCUT2D eigenvalue weighted by molar-refractivity contribution is 6.64. The molecule has 17 heavy (non-hydrogen) atoms. The second kappa shape index (κ2) is 11.2. The summed E-state index contributed by atoms with van der Waals surface area (Å²) in [6.45, 7) is 12.4. The van der Waals surface area contributed by atoms with Gasteiger partial charge in [0.2, 0.25) is 0 Å². The van der Waals surface area contributed by atoms with Crippen molar-refractivity contribution in [2.75, 3.05) is 39.6 Å². The van der Waals surface area contributed by atoms with Crippen LogP contribution < -0.4 is 0 Å². The lowest BCUT2D eigenvalue weighted by molar-refractivity contribution is 0.0624. The molecule has 0 saturated carbocycles. The van der Waals surface area contributed by atoms with Crippen LogP contribution in [0.1, 0.15) is 26.7 Å². The van der Waals surface area contributed by atoms with E-state index in [2.05, 4.69) is 13.8 Å². The molecule has 0 saturated heterocycles. The standard InChI is InChI=1S/C12H28O4Si/c1-5-7-13-9-11-15-17(3,4)16-12-10-14-8-6-2/h5-12H2,1-4H3. The number of rotatable bonds is 12. The molecule has 0 heterocycles. The Labute approximate surface area is 107 Å². The minimum absolute atomic E-state index is 0.620. The van der Waals surface area contributed by atoms with Crippen LogP contribution in [0.15, 0.2) is 0 Å². The molecule has 0 fully saturated rings. The van der Waals surface area contributed by atoms with Crippen LogP contribution in [0.3, 0.4) is 0 Å². The van der Waals surface area contributed by atoms with Gasteiger partial charge in [-0.1, -0.05) is 13.8 Å². The van der Waals surface area contributed by atoms with Crippen LogP contribution in [0.25, 0.3) is 0 Å². The molecule has 0 unspecified atom stereocenters. The molecule has 0 amide bonds. The summed E-state index contributed by atoms with van der Waals surface area (Å²) >= 11 is 0. The van der Waals surface area contributed by atoms with Crippen LogP contribution in [0, 0.1) is 0 Å². The summed E-state index contributed by atoms with van der Waals surface area (Å²) in [5.41, 5.74) is 0. The highest BCUT2D eigenvalue weighted by Crippen LogP contribution is 2.05. The Kier molecular flexibility index (Phi) is 11.2. The monoisotopic (exact) mass is 264 g/mol. The summed E-state index contributed by atoms with van der Waals surface area (Å²) < 4.78 is 22.1. The summed E-state index contributed by atoms with van der Waals surface area (Å²) in [6, 6.07) is 0. The molecule has 0 aliphatic carbocycles. The lowest BCUT2D eigenvalue weighted by Gasteiger charge is -2.22.